The SMILES string of the molecule is COc1ccc(N2CC(C(=O)Nc3ccnn3Cc3ccccc3)CC2=O)cc1. The monoisotopic (exact) mass is 390 g/mol. The summed E-state index contributed by atoms with van der Waals surface area (Å²) in [6, 6.07) is 18.9. The first-order valence-electron chi connectivity index (χ1n) is 9.45. The average molecular weight is 390 g/mol. The van der Waals surface area contributed by atoms with Crippen LogP contribution in [0.4, 0.5) is 11.5 Å². The summed E-state index contributed by atoms with van der Waals surface area (Å²) in [5.74, 6) is 0.692. The molecule has 148 valence electrons. The molecule has 29 heavy (non-hydrogen) atoms. The van der Waals surface area contributed by atoms with Gasteiger partial charge in [0.15, 0.2) is 0 Å². The van der Waals surface area contributed by atoms with Gasteiger partial charge in [0.25, 0.3) is 0 Å². The number of carbonyl (C=O) groups excluding carboxylic acids is 2. The highest BCUT2D eigenvalue weighted by Crippen LogP contribution is 2.27. The van der Waals surface area contributed by atoms with Crippen LogP contribution in [0.5, 0.6) is 5.75 Å². The maximum Gasteiger partial charge on any atom is 0.230 e. The lowest BCUT2D eigenvalue weighted by Gasteiger charge is -2.17. The highest BCUT2D eigenvalue weighted by molar-refractivity contribution is 6.03. The molecular formula is C22H22N4O3. The summed E-state index contributed by atoms with van der Waals surface area (Å²) in [7, 11) is 1.60. The van der Waals surface area contributed by atoms with Crippen LogP contribution in [0.1, 0.15) is 12.0 Å². The summed E-state index contributed by atoms with van der Waals surface area (Å²) >= 11 is 0. The zero-order valence-corrected chi connectivity index (χ0v) is 16.1. The Kier molecular flexibility index (Phi) is 5.29. The van der Waals surface area contributed by atoms with Crippen LogP contribution in [0, 0.1) is 5.92 Å². The summed E-state index contributed by atoms with van der Waals surface area (Å²) < 4.78 is 6.90. The highest BCUT2D eigenvalue weighted by atomic mass is 16.5. The largest absolute Gasteiger partial charge is 0.497 e. The number of carbonyl (C=O) groups is 2. The van der Waals surface area contributed by atoms with Crippen LogP contribution in [-0.4, -0.2) is 35.2 Å². The van der Waals surface area contributed by atoms with Gasteiger partial charge in [0, 0.05) is 24.7 Å². The molecule has 1 atom stereocenters. The predicted molar refractivity (Wildman–Crippen MR) is 110 cm³/mol. The number of methoxy groups -OCH3 is 1. The fourth-order valence-corrected chi connectivity index (χ4v) is 3.44. The minimum Gasteiger partial charge on any atom is -0.497 e. The Hall–Kier alpha value is -3.61. The number of nitrogens with one attached hydrogen (secondary N) is 1. The molecule has 1 fully saturated rings. The van der Waals surface area contributed by atoms with E-state index < -0.39 is 5.92 Å². The maximum absolute atomic E-state index is 12.8. The van der Waals surface area contributed by atoms with E-state index >= 15 is 0 Å². The molecule has 2 amide bonds. The molecule has 1 aromatic heterocycles. The first-order chi connectivity index (χ1) is 14.1. The molecule has 7 nitrogen and oxygen atoms in total. The van der Waals surface area contributed by atoms with E-state index in [2.05, 4.69) is 10.4 Å². The van der Waals surface area contributed by atoms with Crippen LogP contribution >= 0.6 is 0 Å². The van der Waals surface area contributed by atoms with Crippen molar-refractivity contribution in [3.63, 3.8) is 0 Å². The van der Waals surface area contributed by atoms with Gasteiger partial charge in [-0.2, -0.15) is 5.10 Å². The summed E-state index contributed by atoms with van der Waals surface area (Å²) in [4.78, 5) is 26.9. The Morgan fingerprint density at radius 1 is 1.14 bits per heavy atom. The van der Waals surface area contributed by atoms with Gasteiger partial charge in [0.1, 0.15) is 11.6 Å². The van der Waals surface area contributed by atoms with E-state index in [0.717, 1.165) is 17.0 Å². The van der Waals surface area contributed by atoms with E-state index in [1.54, 1.807) is 41.1 Å². The van der Waals surface area contributed by atoms with Crippen molar-refractivity contribution in [3.05, 3.63) is 72.4 Å². The van der Waals surface area contributed by atoms with Crippen molar-refractivity contribution in [2.45, 2.75) is 13.0 Å². The van der Waals surface area contributed by atoms with Gasteiger partial charge in [-0.3, -0.25) is 9.59 Å². The third-order valence-corrected chi connectivity index (χ3v) is 5.02. The van der Waals surface area contributed by atoms with Gasteiger partial charge in [0.05, 0.1) is 25.8 Å². The average Bonchev–Trinajstić information content (AvgIpc) is 3.35. The van der Waals surface area contributed by atoms with Crippen LogP contribution in [0.25, 0.3) is 0 Å². The molecule has 0 bridgehead atoms. The van der Waals surface area contributed by atoms with Crippen molar-refractivity contribution in [3.8, 4) is 5.75 Å². The van der Waals surface area contributed by atoms with Crippen LogP contribution in [0.3, 0.4) is 0 Å². The first kappa shape index (κ1) is 18.7. The van der Waals surface area contributed by atoms with Crippen LogP contribution < -0.4 is 15.0 Å². The minimum absolute atomic E-state index is 0.0619. The van der Waals surface area contributed by atoms with Gasteiger partial charge >= 0.3 is 0 Å². The summed E-state index contributed by atoms with van der Waals surface area (Å²) in [5, 5.41) is 7.22. The zero-order valence-electron chi connectivity index (χ0n) is 16.1. The number of rotatable bonds is 6. The second kappa shape index (κ2) is 8.18. The molecule has 1 saturated heterocycles. The lowest BCUT2D eigenvalue weighted by Crippen LogP contribution is -2.28. The molecule has 1 aliphatic rings. The Morgan fingerprint density at radius 3 is 2.62 bits per heavy atom. The topological polar surface area (TPSA) is 76.5 Å². The first-order valence-corrected chi connectivity index (χ1v) is 9.45. The van der Waals surface area contributed by atoms with E-state index in [-0.39, 0.29) is 18.2 Å². The number of hydrogen-bond acceptors (Lipinski definition) is 4. The molecule has 1 N–H and O–H groups in total. The lowest BCUT2D eigenvalue weighted by molar-refractivity contribution is -0.122. The Morgan fingerprint density at radius 2 is 1.90 bits per heavy atom. The molecule has 7 heteroatoms. The predicted octanol–water partition coefficient (Wildman–Crippen LogP) is 2.93. The molecular weight excluding hydrogens is 368 g/mol. The number of ether oxygens (including phenoxy) is 1. The molecule has 1 unspecified atom stereocenters. The molecule has 4 rings (SSSR count). The number of nitrogens with zero attached hydrogens (tertiary/aromatic N) is 3. The smallest absolute Gasteiger partial charge is 0.230 e. The number of hydrogen-bond donors (Lipinski definition) is 1. The van der Waals surface area contributed by atoms with E-state index in [4.69, 9.17) is 4.74 Å². The summed E-state index contributed by atoms with van der Waals surface area (Å²) in [5.41, 5.74) is 1.86. The number of anilines is 2. The van der Waals surface area contributed by atoms with E-state index in [1.807, 2.05) is 42.5 Å². The van der Waals surface area contributed by atoms with Crippen LogP contribution in [0.2, 0.25) is 0 Å². The van der Waals surface area contributed by atoms with Crippen molar-refractivity contribution in [1.82, 2.24) is 9.78 Å². The fourth-order valence-electron chi connectivity index (χ4n) is 3.44. The number of amides is 2. The molecule has 0 spiro atoms. The molecule has 0 aliphatic carbocycles. The molecule has 2 aromatic carbocycles. The van der Waals surface area contributed by atoms with Crippen LogP contribution in [-0.2, 0) is 16.1 Å². The Labute approximate surface area is 168 Å². The second-order valence-electron chi connectivity index (χ2n) is 6.95. The van der Waals surface area contributed by atoms with Crippen molar-refractivity contribution < 1.29 is 14.3 Å². The van der Waals surface area contributed by atoms with Gasteiger partial charge in [-0.05, 0) is 29.8 Å². The normalized spacial score (nSPS) is 16.1. The standard InChI is InChI=1S/C22H22N4O3/c1-29-19-9-7-18(8-10-19)25-15-17(13-21(25)27)22(28)24-20-11-12-23-26(20)14-16-5-3-2-4-6-16/h2-12,17H,13-15H2,1H3,(H,24,28). The molecule has 1 aliphatic heterocycles. The van der Waals surface area contributed by atoms with Crippen molar-refractivity contribution >= 4 is 23.3 Å². The quantitative estimate of drug-likeness (QED) is 0.702. The molecule has 3 aromatic rings. The third-order valence-electron chi connectivity index (χ3n) is 5.02. The Bertz CT molecular complexity index is 998. The van der Waals surface area contributed by atoms with Crippen molar-refractivity contribution in [1.29, 1.82) is 0 Å². The van der Waals surface area contributed by atoms with Crippen molar-refractivity contribution in [2.75, 3.05) is 23.9 Å². The summed E-state index contributed by atoms with van der Waals surface area (Å²) in [6.07, 6.45) is 1.84. The zero-order chi connectivity index (χ0) is 20.2. The highest BCUT2D eigenvalue weighted by Gasteiger charge is 2.35. The molecule has 2 heterocycles. The molecule has 0 radical (unpaired) electrons. The lowest BCUT2D eigenvalue weighted by atomic mass is 10.1. The van der Waals surface area contributed by atoms with Gasteiger partial charge in [-0.25, -0.2) is 4.68 Å². The van der Waals surface area contributed by atoms with Gasteiger partial charge in [0.2, 0.25) is 11.8 Å². The van der Waals surface area contributed by atoms with Crippen LogP contribution in [0.15, 0.2) is 66.9 Å². The Balaban J connectivity index is 1.42. The van der Waals surface area contributed by atoms with E-state index in [1.165, 1.54) is 0 Å². The minimum atomic E-state index is -0.412. The second-order valence-corrected chi connectivity index (χ2v) is 6.95. The van der Waals surface area contributed by atoms with Crippen molar-refractivity contribution in [2.24, 2.45) is 5.92 Å². The van der Waals surface area contributed by atoms with Gasteiger partial charge < -0.3 is 15.0 Å². The van der Waals surface area contributed by atoms with E-state index in [0.29, 0.717) is 18.9 Å². The number of benzene rings is 2. The van der Waals surface area contributed by atoms with E-state index in [9.17, 15) is 9.59 Å². The number of aromatic nitrogens is 2. The van der Waals surface area contributed by atoms with Gasteiger partial charge in [-0.1, -0.05) is 30.3 Å². The maximum atomic E-state index is 12.8. The summed E-state index contributed by atoms with van der Waals surface area (Å²) in [6.45, 7) is 0.912. The van der Waals surface area contributed by atoms with Gasteiger partial charge in [-0.15, -0.1) is 0 Å². The molecule has 0 saturated carbocycles. The third kappa shape index (κ3) is 4.13. The fraction of sp³-hybridized carbons (Fsp3) is 0.227.